The normalized spacial score (nSPS) is 16.4. The van der Waals surface area contributed by atoms with E-state index < -0.39 is 0 Å². The lowest BCUT2D eigenvalue weighted by atomic mass is 9.91. The monoisotopic (exact) mass is 320 g/mol. The van der Waals surface area contributed by atoms with Gasteiger partial charge in [0.2, 0.25) is 0 Å². The zero-order chi connectivity index (χ0) is 14.7. The summed E-state index contributed by atoms with van der Waals surface area (Å²) >= 11 is 3.28. The van der Waals surface area contributed by atoms with Crippen molar-refractivity contribution in [2.75, 3.05) is 5.75 Å². The molecule has 0 aromatic carbocycles. The van der Waals surface area contributed by atoms with E-state index in [0.29, 0.717) is 6.54 Å². The third kappa shape index (κ3) is 3.24. The average molecular weight is 320 g/mol. The number of fused-ring (bicyclic) bond motifs is 1. The van der Waals surface area contributed by atoms with Crippen LogP contribution in [0.15, 0.2) is 34.1 Å². The molecule has 2 aromatic rings. The van der Waals surface area contributed by atoms with Crippen LogP contribution in [-0.4, -0.2) is 15.3 Å². The van der Waals surface area contributed by atoms with Crippen LogP contribution >= 0.6 is 23.1 Å². The minimum atomic E-state index is 0.0623. The molecule has 1 aliphatic carbocycles. The van der Waals surface area contributed by atoms with Gasteiger partial charge in [0.25, 0.3) is 5.56 Å². The van der Waals surface area contributed by atoms with E-state index in [-0.39, 0.29) is 5.56 Å². The molecule has 3 rings (SSSR count). The quantitative estimate of drug-likeness (QED) is 0.467. The highest BCUT2D eigenvalue weighted by Gasteiger charge is 2.16. The fourth-order valence-corrected chi connectivity index (χ4v) is 4.88. The maximum Gasteiger partial charge on any atom is 0.263 e. The van der Waals surface area contributed by atoms with Crippen LogP contribution in [0.25, 0.3) is 10.2 Å². The summed E-state index contributed by atoms with van der Waals surface area (Å²) in [6.45, 7) is 4.29. The van der Waals surface area contributed by atoms with E-state index in [0.717, 1.165) is 27.0 Å². The first kappa shape index (κ1) is 14.9. The van der Waals surface area contributed by atoms with Crippen LogP contribution in [-0.2, 0) is 6.54 Å². The second kappa shape index (κ2) is 6.79. The second-order valence-corrected chi connectivity index (χ2v) is 7.44. The van der Waals surface area contributed by atoms with Crippen LogP contribution in [0.3, 0.4) is 0 Å². The molecule has 0 N–H and O–H groups in total. The van der Waals surface area contributed by atoms with Crippen molar-refractivity contribution in [2.45, 2.75) is 43.8 Å². The van der Waals surface area contributed by atoms with Crippen molar-refractivity contribution in [3.05, 3.63) is 34.5 Å². The van der Waals surface area contributed by atoms with Crippen LogP contribution in [0.1, 0.15) is 32.1 Å². The average Bonchev–Trinajstić information content (AvgIpc) is 2.98. The highest BCUT2D eigenvalue weighted by Crippen LogP contribution is 2.30. The summed E-state index contributed by atoms with van der Waals surface area (Å²) in [6, 6.07) is 1.87. The van der Waals surface area contributed by atoms with Gasteiger partial charge in [-0.3, -0.25) is 9.36 Å². The first-order chi connectivity index (χ1) is 10.3. The molecule has 0 unspecified atom stereocenters. The zero-order valence-corrected chi connectivity index (χ0v) is 13.7. The fraction of sp³-hybridized carbons (Fsp3) is 0.500. The Bertz CT molecular complexity index is 683. The maximum atomic E-state index is 12.5. The van der Waals surface area contributed by atoms with Crippen molar-refractivity contribution in [3.63, 3.8) is 0 Å². The van der Waals surface area contributed by atoms with Gasteiger partial charge in [0, 0.05) is 12.3 Å². The summed E-state index contributed by atoms with van der Waals surface area (Å²) in [4.78, 5) is 18.1. The Hall–Kier alpha value is -1.07. The molecule has 0 spiro atoms. The van der Waals surface area contributed by atoms with Crippen LogP contribution in [0.2, 0.25) is 0 Å². The minimum absolute atomic E-state index is 0.0623. The zero-order valence-electron chi connectivity index (χ0n) is 12.1. The van der Waals surface area contributed by atoms with Gasteiger partial charge < -0.3 is 0 Å². The summed E-state index contributed by atoms with van der Waals surface area (Å²) in [5, 5.41) is 3.51. The van der Waals surface area contributed by atoms with Gasteiger partial charge in [-0.25, -0.2) is 4.98 Å². The molecule has 2 heterocycles. The molecule has 21 heavy (non-hydrogen) atoms. The van der Waals surface area contributed by atoms with Crippen molar-refractivity contribution in [3.8, 4) is 0 Å². The molecule has 0 amide bonds. The lowest BCUT2D eigenvalue weighted by Gasteiger charge is -2.21. The highest BCUT2D eigenvalue weighted by molar-refractivity contribution is 7.99. The summed E-state index contributed by atoms with van der Waals surface area (Å²) in [5.74, 6) is 1.84. The Balaban J connectivity index is 1.86. The van der Waals surface area contributed by atoms with Gasteiger partial charge in [-0.2, -0.15) is 0 Å². The van der Waals surface area contributed by atoms with E-state index in [1.165, 1.54) is 32.1 Å². The highest BCUT2D eigenvalue weighted by atomic mass is 32.2. The number of thiophene rings is 1. The Morgan fingerprint density at radius 1 is 1.43 bits per heavy atom. The molecule has 0 aliphatic heterocycles. The molecule has 1 aliphatic rings. The molecule has 0 radical (unpaired) electrons. The predicted molar refractivity (Wildman–Crippen MR) is 91.4 cm³/mol. The molecule has 0 bridgehead atoms. The Kier molecular flexibility index (Phi) is 4.80. The minimum Gasteiger partial charge on any atom is -0.283 e. The molecule has 3 nitrogen and oxygen atoms in total. The largest absolute Gasteiger partial charge is 0.283 e. The van der Waals surface area contributed by atoms with Gasteiger partial charge in [-0.1, -0.05) is 37.1 Å². The second-order valence-electron chi connectivity index (χ2n) is 5.55. The molecular formula is C16H20N2OS2. The van der Waals surface area contributed by atoms with Crippen molar-refractivity contribution in [2.24, 2.45) is 5.92 Å². The van der Waals surface area contributed by atoms with Crippen LogP contribution < -0.4 is 5.56 Å². The number of nitrogens with zero attached hydrogens (tertiary/aromatic N) is 2. The van der Waals surface area contributed by atoms with Crippen molar-refractivity contribution >= 4 is 33.3 Å². The van der Waals surface area contributed by atoms with Gasteiger partial charge in [-0.05, 0) is 30.2 Å². The third-order valence-corrected chi connectivity index (χ3v) is 6.05. The van der Waals surface area contributed by atoms with E-state index in [1.807, 2.05) is 11.4 Å². The van der Waals surface area contributed by atoms with E-state index in [2.05, 4.69) is 6.58 Å². The van der Waals surface area contributed by atoms with Gasteiger partial charge in [0.1, 0.15) is 4.83 Å². The molecule has 0 atom stereocenters. The first-order valence-electron chi connectivity index (χ1n) is 7.51. The number of hydrogen-bond donors (Lipinski definition) is 0. The third-order valence-electron chi connectivity index (χ3n) is 4.03. The summed E-state index contributed by atoms with van der Waals surface area (Å²) < 4.78 is 1.76. The molecule has 5 heteroatoms. The number of thioether (sulfide) groups is 1. The first-order valence-corrected chi connectivity index (χ1v) is 9.38. The van der Waals surface area contributed by atoms with Gasteiger partial charge >= 0.3 is 0 Å². The smallest absolute Gasteiger partial charge is 0.263 e. The summed E-state index contributed by atoms with van der Waals surface area (Å²) in [5.41, 5.74) is 0.0623. The van der Waals surface area contributed by atoms with Crippen LogP contribution in [0.4, 0.5) is 0 Å². The SMILES string of the molecule is C=CCn1c(SCC2CCCCC2)nc2sccc2c1=O. The van der Waals surface area contributed by atoms with Crippen molar-refractivity contribution < 1.29 is 0 Å². The van der Waals surface area contributed by atoms with Crippen LogP contribution in [0, 0.1) is 5.92 Å². The van der Waals surface area contributed by atoms with E-state index in [9.17, 15) is 4.79 Å². The molecule has 1 saturated carbocycles. The van der Waals surface area contributed by atoms with Crippen molar-refractivity contribution in [1.82, 2.24) is 9.55 Å². The topological polar surface area (TPSA) is 34.9 Å². The molecule has 112 valence electrons. The van der Waals surface area contributed by atoms with Crippen LogP contribution in [0.5, 0.6) is 0 Å². The number of hydrogen-bond acceptors (Lipinski definition) is 4. The Labute approximate surface area is 133 Å². The number of rotatable bonds is 5. The lowest BCUT2D eigenvalue weighted by molar-refractivity contribution is 0.390. The molecule has 2 aromatic heterocycles. The molecule has 1 fully saturated rings. The van der Waals surface area contributed by atoms with Gasteiger partial charge in [0.15, 0.2) is 5.16 Å². The Morgan fingerprint density at radius 3 is 3.00 bits per heavy atom. The van der Waals surface area contributed by atoms with Gasteiger partial charge in [-0.15, -0.1) is 17.9 Å². The maximum absolute atomic E-state index is 12.5. The number of aromatic nitrogens is 2. The predicted octanol–water partition coefficient (Wildman–Crippen LogP) is 4.32. The molecule has 0 saturated heterocycles. The van der Waals surface area contributed by atoms with Gasteiger partial charge in [0.05, 0.1) is 5.39 Å². The lowest BCUT2D eigenvalue weighted by Crippen LogP contribution is -2.22. The molecular weight excluding hydrogens is 300 g/mol. The summed E-state index contributed by atoms with van der Waals surface area (Å²) in [7, 11) is 0. The van der Waals surface area contributed by atoms with E-state index in [1.54, 1.807) is 33.7 Å². The van der Waals surface area contributed by atoms with E-state index in [4.69, 9.17) is 4.98 Å². The standard InChI is InChI=1S/C16H20N2OS2/c1-2-9-18-15(19)13-8-10-20-14(13)17-16(18)21-11-12-6-4-3-5-7-12/h2,8,10,12H,1,3-7,9,11H2. The van der Waals surface area contributed by atoms with Crippen molar-refractivity contribution in [1.29, 1.82) is 0 Å². The summed E-state index contributed by atoms with van der Waals surface area (Å²) in [6.07, 6.45) is 8.48. The number of allylic oxidation sites excluding steroid dienone is 1. The Morgan fingerprint density at radius 2 is 2.24 bits per heavy atom. The van der Waals surface area contributed by atoms with E-state index >= 15 is 0 Å². The fourth-order valence-electron chi connectivity index (χ4n) is 2.88.